The minimum absolute atomic E-state index is 0.0444. The second kappa shape index (κ2) is 9.29. The number of aromatic nitrogens is 3. The Balaban J connectivity index is 1.37. The van der Waals surface area contributed by atoms with Gasteiger partial charge in [0.25, 0.3) is 0 Å². The predicted octanol–water partition coefficient (Wildman–Crippen LogP) is 3.44. The molecule has 34 heavy (non-hydrogen) atoms. The molecule has 1 aliphatic carbocycles. The van der Waals surface area contributed by atoms with Gasteiger partial charge in [0.15, 0.2) is 17.3 Å². The smallest absolute Gasteiger partial charge is 0.225 e. The SMILES string of the molecule is COc1ccc(C2CC(=O)c3c(C)nc(N4CCN(c5ccccn5)CC4)nc3C2)cc1OC. The van der Waals surface area contributed by atoms with Gasteiger partial charge in [0.1, 0.15) is 5.82 Å². The number of aryl methyl sites for hydroxylation is 1. The predicted molar refractivity (Wildman–Crippen MR) is 130 cm³/mol. The molecule has 0 spiro atoms. The van der Waals surface area contributed by atoms with Gasteiger partial charge in [0, 0.05) is 38.8 Å². The second-order valence-corrected chi connectivity index (χ2v) is 8.74. The van der Waals surface area contributed by atoms with Crippen LogP contribution in [-0.2, 0) is 6.42 Å². The average molecular weight is 460 g/mol. The van der Waals surface area contributed by atoms with Crippen LogP contribution in [-0.4, -0.2) is 61.1 Å². The molecule has 0 amide bonds. The molecule has 8 nitrogen and oxygen atoms in total. The quantitative estimate of drug-likeness (QED) is 0.574. The Morgan fingerprint density at radius 2 is 1.68 bits per heavy atom. The lowest BCUT2D eigenvalue weighted by atomic mass is 9.81. The molecule has 0 N–H and O–H groups in total. The van der Waals surface area contributed by atoms with Crippen molar-refractivity contribution < 1.29 is 14.3 Å². The molecule has 1 aromatic carbocycles. The van der Waals surface area contributed by atoms with E-state index in [0.29, 0.717) is 35.9 Å². The summed E-state index contributed by atoms with van der Waals surface area (Å²) in [5.74, 6) is 3.20. The van der Waals surface area contributed by atoms with Gasteiger partial charge in [0.2, 0.25) is 5.95 Å². The van der Waals surface area contributed by atoms with Crippen molar-refractivity contribution >= 4 is 17.5 Å². The van der Waals surface area contributed by atoms with Gasteiger partial charge in [-0.1, -0.05) is 12.1 Å². The molecule has 0 radical (unpaired) electrons. The Bertz CT molecular complexity index is 1190. The fourth-order valence-corrected chi connectivity index (χ4v) is 4.92. The first-order chi connectivity index (χ1) is 16.6. The summed E-state index contributed by atoms with van der Waals surface area (Å²) in [6.45, 7) is 5.24. The van der Waals surface area contributed by atoms with E-state index in [0.717, 1.165) is 48.9 Å². The molecular weight excluding hydrogens is 430 g/mol. The van der Waals surface area contributed by atoms with Crippen LogP contribution < -0.4 is 19.3 Å². The molecule has 5 rings (SSSR count). The first kappa shape index (κ1) is 22.1. The molecule has 3 aromatic rings. The van der Waals surface area contributed by atoms with Gasteiger partial charge in [-0.15, -0.1) is 0 Å². The van der Waals surface area contributed by atoms with E-state index in [1.807, 2.05) is 49.5 Å². The first-order valence-corrected chi connectivity index (χ1v) is 11.6. The molecular formula is C26H29N5O3. The molecule has 0 bridgehead atoms. The third-order valence-corrected chi connectivity index (χ3v) is 6.72. The fourth-order valence-electron chi connectivity index (χ4n) is 4.92. The fraction of sp³-hybridized carbons (Fsp3) is 0.385. The number of hydrogen-bond acceptors (Lipinski definition) is 8. The summed E-state index contributed by atoms with van der Waals surface area (Å²) in [5.41, 5.74) is 3.35. The number of anilines is 2. The highest BCUT2D eigenvalue weighted by molar-refractivity contribution is 5.99. The van der Waals surface area contributed by atoms with E-state index in [1.54, 1.807) is 14.2 Å². The summed E-state index contributed by atoms with van der Waals surface area (Å²) >= 11 is 0. The normalized spacial score (nSPS) is 18.0. The van der Waals surface area contributed by atoms with Crippen molar-refractivity contribution in [1.82, 2.24) is 15.0 Å². The maximum Gasteiger partial charge on any atom is 0.225 e. The first-order valence-electron chi connectivity index (χ1n) is 11.6. The molecule has 1 atom stereocenters. The average Bonchev–Trinajstić information content (AvgIpc) is 2.88. The van der Waals surface area contributed by atoms with E-state index >= 15 is 0 Å². The molecule has 1 aliphatic heterocycles. The summed E-state index contributed by atoms with van der Waals surface area (Å²) < 4.78 is 10.8. The Labute approximate surface area is 199 Å². The zero-order valence-electron chi connectivity index (χ0n) is 19.8. The topological polar surface area (TPSA) is 80.7 Å². The van der Waals surface area contributed by atoms with E-state index in [-0.39, 0.29) is 11.7 Å². The minimum Gasteiger partial charge on any atom is -0.493 e. The monoisotopic (exact) mass is 459 g/mol. The van der Waals surface area contributed by atoms with Crippen molar-refractivity contribution in [3.05, 3.63) is 65.1 Å². The number of Topliss-reactive ketones (excluding diaryl/α,β-unsaturated/α-hetero) is 1. The number of carbonyl (C=O) groups excluding carboxylic acids is 1. The molecule has 2 aliphatic rings. The van der Waals surface area contributed by atoms with Crippen LogP contribution in [0, 0.1) is 6.92 Å². The van der Waals surface area contributed by atoms with Crippen molar-refractivity contribution in [2.24, 2.45) is 0 Å². The van der Waals surface area contributed by atoms with Gasteiger partial charge in [-0.2, -0.15) is 0 Å². The summed E-state index contributed by atoms with van der Waals surface area (Å²) in [6.07, 6.45) is 2.96. The Hall–Kier alpha value is -3.68. The van der Waals surface area contributed by atoms with Gasteiger partial charge in [-0.3, -0.25) is 4.79 Å². The van der Waals surface area contributed by atoms with E-state index in [1.165, 1.54) is 0 Å². The standard InChI is InChI=1S/C26H29N5O3/c1-17-25-20(14-19(15-21(25)32)18-7-8-22(33-2)23(16-18)34-3)29-26(28-17)31-12-10-30(11-13-31)24-6-4-5-9-27-24/h4-9,16,19H,10-15H2,1-3H3. The minimum atomic E-state index is 0.0444. The highest BCUT2D eigenvalue weighted by Crippen LogP contribution is 2.37. The van der Waals surface area contributed by atoms with Crippen LogP contribution in [0.1, 0.15) is 39.6 Å². The Morgan fingerprint density at radius 1 is 0.912 bits per heavy atom. The van der Waals surface area contributed by atoms with Crippen molar-refractivity contribution in [2.75, 3.05) is 50.2 Å². The number of hydrogen-bond donors (Lipinski definition) is 0. The molecule has 3 heterocycles. The van der Waals surface area contributed by atoms with Crippen LogP contribution in [0.4, 0.5) is 11.8 Å². The number of carbonyl (C=O) groups is 1. The number of ketones is 1. The number of benzene rings is 1. The molecule has 0 saturated carbocycles. The van der Waals surface area contributed by atoms with E-state index < -0.39 is 0 Å². The molecule has 2 aromatic heterocycles. The van der Waals surface area contributed by atoms with Crippen molar-refractivity contribution in [3.8, 4) is 11.5 Å². The van der Waals surface area contributed by atoms with Crippen LogP contribution in [0.5, 0.6) is 11.5 Å². The molecule has 8 heteroatoms. The van der Waals surface area contributed by atoms with Gasteiger partial charge in [0.05, 0.1) is 31.2 Å². The Kier molecular flexibility index (Phi) is 6.04. The van der Waals surface area contributed by atoms with Gasteiger partial charge in [-0.25, -0.2) is 15.0 Å². The third kappa shape index (κ3) is 4.16. The Morgan fingerprint density at radius 3 is 2.38 bits per heavy atom. The number of pyridine rings is 1. The summed E-state index contributed by atoms with van der Waals surface area (Å²) in [6, 6.07) is 11.8. The van der Waals surface area contributed by atoms with Gasteiger partial charge >= 0.3 is 0 Å². The highest BCUT2D eigenvalue weighted by Gasteiger charge is 2.31. The van der Waals surface area contributed by atoms with Crippen molar-refractivity contribution in [2.45, 2.75) is 25.7 Å². The highest BCUT2D eigenvalue weighted by atomic mass is 16.5. The second-order valence-electron chi connectivity index (χ2n) is 8.74. The van der Waals surface area contributed by atoms with Crippen LogP contribution in [0.3, 0.4) is 0 Å². The molecule has 1 unspecified atom stereocenters. The molecule has 1 fully saturated rings. The zero-order chi connectivity index (χ0) is 23.7. The number of piperazine rings is 1. The zero-order valence-corrected chi connectivity index (χ0v) is 19.8. The lowest BCUT2D eigenvalue weighted by molar-refractivity contribution is 0.0962. The van der Waals surface area contributed by atoms with E-state index in [2.05, 4.69) is 14.8 Å². The number of rotatable bonds is 5. The summed E-state index contributed by atoms with van der Waals surface area (Å²) in [4.78, 5) is 31.7. The van der Waals surface area contributed by atoms with Crippen molar-refractivity contribution in [3.63, 3.8) is 0 Å². The number of nitrogens with zero attached hydrogens (tertiary/aromatic N) is 5. The van der Waals surface area contributed by atoms with Crippen LogP contribution in [0.2, 0.25) is 0 Å². The van der Waals surface area contributed by atoms with Gasteiger partial charge in [-0.05, 0) is 49.1 Å². The van der Waals surface area contributed by atoms with Crippen LogP contribution in [0.15, 0.2) is 42.6 Å². The van der Waals surface area contributed by atoms with E-state index in [9.17, 15) is 4.79 Å². The summed E-state index contributed by atoms with van der Waals surface area (Å²) in [7, 11) is 3.24. The van der Waals surface area contributed by atoms with Crippen LogP contribution in [0.25, 0.3) is 0 Å². The third-order valence-electron chi connectivity index (χ3n) is 6.72. The summed E-state index contributed by atoms with van der Waals surface area (Å²) in [5, 5.41) is 0. The maximum absolute atomic E-state index is 13.1. The number of fused-ring (bicyclic) bond motifs is 1. The number of methoxy groups -OCH3 is 2. The number of ether oxygens (including phenoxy) is 2. The largest absolute Gasteiger partial charge is 0.493 e. The van der Waals surface area contributed by atoms with Gasteiger partial charge < -0.3 is 19.3 Å². The lowest BCUT2D eigenvalue weighted by Crippen LogP contribution is -2.47. The van der Waals surface area contributed by atoms with E-state index in [4.69, 9.17) is 19.4 Å². The van der Waals surface area contributed by atoms with Crippen LogP contribution >= 0.6 is 0 Å². The molecule has 1 saturated heterocycles. The maximum atomic E-state index is 13.1. The van der Waals surface area contributed by atoms with Crippen molar-refractivity contribution in [1.29, 1.82) is 0 Å². The lowest BCUT2D eigenvalue weighted by Gasteiger charge is -2.36. The molecule has 176 valence electrons.